The van der Waals surface area contributed by atoms with E-state index in [9.17, 15) is 13.2 Å². The van der Waals surface area contributed by atoms with E-state index in [-0.39, 0.29) is 16.9 Å². The van der Waals surface area contributed by atoms with Gasteiger partial charge in [-0.15, -0.1) is 0 Å². The van der Waals surface area contributed by atoms with Crippen LogP contribution in [0.15, 0.2) is 30.5 Å². The highest BCUT2D eigenvalue weighted by Gasteiger charge is 2.34. The van der Waals surface area contributed by atoms with Crippen molar-refractivity contribution in [3.63, 3.8) is 0 Å². The minimum absolute atomic E-state index is 0.0139. The van der Waals surface area contributed by atoms with Gasteiger partial charge in [0.25, 0.3) is 0 Å². The summed E-state index contributed by atoms with van der Waals surface area (Å²) >= 11 is 0. The molecule has 0 bridgehead atoms. The normalized spacial score (nSPS) is 12.1. The van der Waals surface area contributed by atoms with Gasteiger partial charge in [0.15, 0.2) is 0 Å². The molecule has 0 amide bonds. The van der Waals surface area contributed by atoms with Crippen LogP contribution in [0.25, 0.3) is 11.3 Å². The third kappa shape index (κ3) is 2.95. The van der Waals surface area contributed by atoms with Crippen molar-refractivity contribution in [2.24, 2.45) is 5.92 Å². The maximum Gasteiger partial charge on any atom is 0.417 e. The van der Waals surface area contributed by atoms with Crippen molar-refractivity contribution >= 4 is 5.69 Å². The topological polar surface area (TPSA) is 43.8 Å². The number of hydrogen-bond acceptors (Lipinski definition) is 2. The van der Waals surface area contributed by atoms with Crippen LogP contribution in [0.2, 0.25) is 0 Å². The van der Waals surface area contributed by atoms with Gasteiger partial charge >= 0.3 is 6.18 Å². The number of rotatable bonds is 3. The summed E-state index contributed by atoms with van der Waals surface area (Å²) in [5, 5.41) is 4.19. The summed E-state index contributed by atoms with van der Waals surface area (Å²) in [5.74, 6) is 0.333. The Labute approximate surface area is 115 Å². The Morgan fingerprint density at radius 3 is 2.50 bits per heavy atom. The second-order valence-electron chi connectivity index (χ2n) is 5.09. The van der Waals surface area contributed by atoms with Crippen LogP contribution in [0, 0.1) is 5.92 Å². The van der Waals surface area contributed by atoms with E-state index in [0.717, 1.165) is 6.07 Å². The average Bonchev–Trinajstić information content (AvgIpc) is 2.68. The summed E-state index contributed by atoms with van der Waals surface area (Å²) < 4.78 is 40.6. The number of nitrogens with zero attached hydrogens (tertiary/aromatic N) is 2. The number of nitrogen functional groups attached to an aromatic ring is 1. The molecule has 0 atom stereocenters. The molecule has 0 aliphatic rings. The summed E-state index contributed by atoms with van der Waals surface area (Å²) in [4.78, 5) is 0. The molecular weight excluding hydrogens is 267 g/mol. The van der Waals surface area contributed by atoms with Crippen molar-refractivity contribution in [2.75, 3.05) is 5.73 Å². The molecule has 0 saturated heterocycles. The van der Waals surface area contributed by atoms with Crippen LogP contribution in [0.3, 0.4) is 0 Å². The number of benzene rings is 1. The van der Waals surface area contributed by atoms with Gasteiger partial charge in [0.1, 0.15) is 5.69 Å². The van der Waals surface area contributed by atoms with Gasteiger partial charge in [-0.2, -0.15) is 18.3 Å². The third-order valence-electron chi connectivity index (χ3n) is 2.83. The van der Waals surface area contributed by atoms with Gasteiger partial charge in [-0.25, -0.2) is 0 Å². The van der Waals surface area contributed by atoms with Gasteiger partial charge in [-0.3, -0.25) is 4.68 Å². The Kier molecular flexibility index (Phi) is 3.74. The van der Waals surface area contributed by atoms with E-state index >= 15 is 0 Å². The molecule has 6 heteroatoms. The maximum absolute atomic E-state index is 13.0. The molecule has 0 fully saturated rings. The SMILES string of the molecule is CC(C)Cn1cc(N)c(-c2ccccc2C(F)(F)F)n1. The fourth-order valence-electron chi connectivity index (χ4n) is 2.05. The van der Waals surface area contributed by atoms with Crippen molar-refractivity contribution in [3.8, 4) is 11.3 Å². The lowest BCUT2D eigenvalue weighted by atomic mass is 10.0. The van der Waals surface area contributed by atoms with Crippen LogP contribution in [0.5, 0.6) is 0 Å². The number of nitrogens with two attached hydrogens (primary N) is 1. The molecule has 0 spiro atoms. The van der Waals surface area contributed by atoms with Crippen LogP contribution in [0.1, 0.15) is 19.4 Å². The summed E-state index contributed by atoms with van der Waals surface area (Å²) in [6.45, 7) is 4.61. The highest BCUT2D eigenvalue weighted by Crippen LogP contribution is 2.38. The number of alkyl halides is 3. The standard InChI is InChI=1S/C14H16F3N3/c1-9(2)7-20-8-12(18)13(19-20)10-5-3-4-6-11(10)14(15,16)17/h3-6,8-9H,7,18H2,1-2H3. The summed E-state index contributed by atoms with van der Waals surface area (Å²) in [5.41, 5.74) is 5.54. The number of hydrogen-bond donors (Lipinski definition) is 1. The Bertz CT molecular complexity index is 600. The Morgan fingerprint density at radius 2 is 1.90 bits per heavy atom. The van der Waals surface area contributed by atoms with Crippen LogP contribution >= 0.6 is 0 Å². The molecule has 1 aromatic heterocycles. The van der Waals surface area contributed by atoms with Crippen LogP contribution in [0.4, 0.5) is 18.9 Å². The molecule has 1 aromatic carbocycles. The zero-order chi connectivity index (χ0) is 14.9. The number of aromatic nitrogens is 2. The molecule has 3 nitrogen and oxygen atoms in total. The molecule has 2 aromatic rings. The first-order valence-electron chi connectivity index (χ1n) is 6.28. The van der Waals surface area contributed by atoms with Crippen LogP contribution in [-0.4, -0.2) is 9.78 Å². The van der Waals surface area contributed by atoms with Gasteiger partial charge in [0.05, 0.1) is 11.3 Å². The Balaban J connectivity index is 2.50. The zero-order valence-electron chi connectivity index (χ0n) is 11.3. The van der Waals surface area contributed by atoms with Crippen LogP contribution < -0.4 is 5.73 Å². The number of anilines is 1. The van der Waals surface area contributed by atoms with Gasteiger partial charge < -0.3 is 5.73 Å². The van der Waals surface area contributed by atoms with Crippen molar-refractivity contribution in [2.45, 2.75) is 26.6 Å². The van der Waals surface area contributed by atoms with Crippen molar-refractivity contribution in [3.05, 3.63) is 36.0 Å². The molecule has 0 unspecified atom stereocenters. The van der Waals surface area contributed by atoms with Gasteiger partial charge in [-0.1, -0.05) is 32.0 Å². The molecule has 0 radical (unpaired) electrons. The second-order valence-corrected chi connectivity index (χ2v) is 5.09. The van der Waals surface area contributed by atoms with Crippen LogP contribution in [-0.2, 0) is 12.7 Å². The lowest BCUT2D eigenvalue weighted by Gasteiger charge is -2.11. The molecule has 2 rings (SSSR count). The predicted molar refractivity (Wildman–Crippen MR) is 71.9 cm³/mol. The van der Waals surface area contributed by atoms with E-state index in [1.165, 1.54) is 12.1 Å². The Morgan fingerprint density at radius 1 is 1.25 bits per heavy atom. The lowest BCUT2D eigenvalue weighted by Crippen LogP contribution is -2.08. The average molecular weight is 283 g/mol. The smallest absolute Gasteiger partial charge is 0.396 e. The van der Waals surface area contributed by atoms with E-state index in [1.807, 2.05) is 13.8 Å². The van der Waals surface area contributed by atoms with Crippen molar-refractivity contribution in [1.82, 2.24) is 9.78 Å². The third-order valence-corrected chi connectivity index (χ3v) is 2.83. The molecule has 0 aliphatic heterocycles. The van der Waals surface area contributed by atoms with Gasteiger partial charge in [0, 0.05) is 18.3 Å². The summed E-state index contributed by atoms with van der Waals surface area (Å²) in [6.07, 6.45) is -2.85. The first kappa shape index (κ1) is 14.4. The first-order valence-corrected chi connectivity index (χ1v) is 6.28. The highest BCUT2D eigenvalue weighted by atomic mass is 19.4. The quantitative estimate of drug-likeness (QED) is 0.931. The number of halogens is 3. The molecule has 0 saturated carbocycles. The molecule has 20 heavy (non-hydrogen) atoms. The molecule has 108 valence electrons. The second kappa shape index (κ2) is 5.19. The fraction of sp³-hybridized carbons (Fsp3) is 0.357. The maximum atomic E-state index is 13.0. The zero-order valence-corrected chi connectivity index (χ0v) is 11.3. The minimum Gasteiger partial charge on any atom is -0.396 e. The van der Waals surface area contributed by atoms with E-state index in [4.69, 9.17) is 5.73 Å². The van der Waals surface area contributed by atoms with Crippen molar-refractivity contribution < 1.29 is 13.2 Å². The van der Waals surface area contributed by atoms with E-state index in [1.54, 1.807) is 16.9 Å². The predicted octanol–water partition coefficient (Wildman–Crippen LogP) is 3.81. The molecule has 1 heterocycles. The van der Waals surface area contributed by atoms with Crippen molar-refractivity contribution in [1.29, 1.82) is 0 Å². The lowest BCUT2D eigenvalue weighted by molar-refractivity contribution is -0.137. The molecule has 2 N–H and O–H groups in total. The van der Waals surface area contributed by atoms with E-state index < -0.39 is 11.7 Å². The highest BCUT2D eigenvalue weighted by molar-refractivity contribution is 5.75. The molecule has 0 aliphatic carbocycles. The van der Waals surface area contributed by atoms with E-state index in [0.29, 0.717) is 12.5 Å². The van der Waals surface area contributed by atoms with E-state index in [2.05, 4.69) is 5.10 Å². The monoisotopic (exact) mass is 283 g/mol. The summed E-state index contributed by atoms with van der Waals surface area (Å²) in [7, 11) is 0. The van der Waals surface area contributed by atoms with Gasteiger partial charge in [-0.05, 0) is 12.0 Å². The van der Waals surface area contributed by atoms with Gasteiger partial charge in [0.2, 0.25) is 0 Å². The Hall–Kier alpha value is -1.98. The minimum atomic E-state index is -4.43. The summed E-state index contributed by atoms with van der Waals surface area (Å²) in [6, 6.07) is 5.33. The fourth-order valence-corrected chi connectivity index (χ4v) is 2.05. The first-order chi connectivity index (χ1) is 9.29. The largest absolute Gasteiger partial charge is 0.417 e. The molecular formula is C14H16F3N3.